The van der Waals surface area contributed by atoms with Crippen molar-refractivity contribution in [2.75, 3.05) is 6.26 Å². The number of aryl methyl sites for hydroxylation is 1. The Bertz CT molecular complexity index is 798. The highest BCUT2D eigenvalue weighted by atomic mass is 32.2. The van der Waals surface area contributed by atoms with Gasteiger partial charge in [-0.1, -0.05) is 6.07 Å². The molecule has 0 spiro atoms. The van der Waals surface area contributed by atoms with Gasteiger partial charge in [0.15, 0.2) is 17.0 Å². The summed E-state index contributed by atoms with van der Waals surface area (Å²) in [6.07, 6.45) is 1.61. The fourth-order valence-electron chi connectivity index (χ4n) is 2.20. The highest BCUT2D eigenvalue weighted by Crippen LogP contribution is 2.30. The van der Waals surface area contributed by atoms with Crippen LogP contribution in [0.5, 0.6) is 5.06 Å². The van der Waals surface area contributed by atoms with Gasteiger partial charge in [0.25, 0.3) is 10.1 Å². The van der Waals surface area contributed by atoms with Gasteiger partial charge in [0.1, 0.15) is 11.7 Å². The number of ether oxygens (including phenoxy) is 1. The zero-order chi connectivity index (χ0) is 18.0. The first-order chi connectivity index (χ1) is 11.1. The van der Waals surface area contributed by atoms with Crippen molar-refractivity contribution in [2.24, 2.45) is 0 Å². The van der Waals surface area contributed by atoms with Gasteiger partial charge in [0.2, 0.25) is 0 Å². The number of pyridine rings is 1. The highest BCUT2D eigenvalue weighted by Gasteiger charge is 2.37. The first kappa shape index (κ1) is 18.7. The molecular weight excluding hydrogens is 350 g/mol. The van der Waals surface area contributed by atoms with Crippen LogP contribution in [-0.4, -0.2) is 26.4 Å². The monoisotopic (exact) mass is 371 g/mol. The first-order valence-corrected chi connectivity index (χ1v) is 10.1. The second-order valence-corrected chi connectivity index (χ2v) is 8.63. The lowest BCUT2D eigenvalue weighted by molar-refractivity contribution is -0.614. The lowest BCUT2D eigenvalue weighted by atomic mass is 9.97. The summed E-state index contributed by atoms with van der Waals surface area (Å²) < 4.78 is 35.2. The van der Waals surface area contributed by atoms with Crippen LogP contribution < -0.4 is 9.47 Å². The Morgan fingerprint density at radius 2 is 2.08 bits per heavy atom. The molecule has 0 aromatic carbocycles. The molecule has 24 heavy (non-hydrogen) atoms. The lowest BCUT2D eigenvalue weighted by Crippen LogP contribution is -2.47. The van der Waals surface area contributed by atoms with Crippen LogP contribution >= 0.6 is 11.3 Å². The summed E-state index contributed by atoms with van der Waals surface area (Å²) in [5.41, 5.74) is 0.514. The van der Waals surface area contributed by atoms with Crippen molar-refractivity contribution in [3.05, 3.63) is 52.3 Å². The van der Waals surface area contributed by atoms with Crippen molar-refractivity contribution in [2.45, 2.75) is 38.9 Å². The Kier molecular flexibility index (Phi) is 5.52. The fourth-order valence-corrected chi connectivity index (χ4v) is 3.81. The minimum absolute atomic E-state index is 0.106. The number of rotatable bonds is 7. The number of aromatic nitrogens is 1. The molecule has 0 amide bonds. The maximum absolute atomic E-state index is 11.9. The molecule has 1 atom stereocenters. The molecule has 8 heteroatoms. The number of thiophene rings is 1. The van der Waals surface area contributed by atoms with Crippen LogP contribution in [0.25, 0.3) is 0 Å². The third-order valence-electron chi connectivity index (χ3n) is 3.44. The van der Waals surface area contributed by atoms with Crippen molar-refractivity contribution in [3.63, 3.8) is 0 Å². The van der Waals surface area contributed by atoms with Crippen LogP contribution in [0.3, 0.4) is 0 Å². The van der Waals surface area contributed by atoms with Crippen LogP contribution in [0, 0.1) is 12.1 Å². The van der Waals surface area contributed by atoms with Gasteiger partial charge in [-0.2, -0.15) is 13.1 Å². The molecule has 2 aromatic rings. The quantitative estimate of drug-likeness (QED) is 0.424. The van der Waals surface area contributed by atoms with Crippen LogP contribution in [-0.2, 0) is 20.7 Å². The first-order valence-electron chi connectivity index (χ1n) is 7.36. The Hall–Kier alpha value is -1.64. The molecule has 0 aliphatic rings. The molecule has 0 saturated carbocycles. The van der Waals surface area contributed by atoms with E-state index in [4.69, 9.17) is 8.92 Å². The van der Waals surface area contributed by atoms with E-state index in [9.17, 15) is 13.6 Å². The summed E-state index contributed by atoms with van der Waals surface area (Å²) in [5.74, 6) is 0. The summed E-state index contributed by atoms with van der Waals surface area (Å²) in [4.78, 5) is 0. The molecule has 2 aromatic heterocycles. The van der Waals surface area contributed by atoms with Gasteiger partial charge in [-0.25, -0.2) is 0 Å². The summed E-state index contributed by atoms with van der Waals surface area (Å²) in [5, 5.41) is 14.5. The molecule has 0 fully saturated rings. The molecule has 2 rings (SSSR count). The van der Waals surface area contributed by atoms with Gasteiger partial charge in [0, 0.05) is 12.1 Å². The van der Waals surface area contributed by atoms with Gasteiger partial charge in [0.05, 0.1) is 12.7 Å². The standard InChI is InChI=1S/C16H21NO5S2/c1-12-9-15(23-11-12)21-16(2,3)14(22-24(4,19)20)10-13-7-5-6-8-17(13)18/h5-9,11,14H,10H2,1-4H3. The van der Waals surface area contributed by atoms with Crippen LogP contribution in [0.4, 0.5) is 0 Å². The molecule has 0 aliphatic carbocycles. The molecule has 0 N–H and O–H groups in total. The van der Waals surface area contributed by atoms with Crippen LogP contribution in [0.15, 0.2) is 35.8 Å². The Balaban J connectivity index is 2.28. The second-order valence-electron chi connectivity index (χ2n) is 6.16. The van der Waals surface area contributed by atoms with Crippen molar-refractivity contribution in [1.82, 2.24) is 0 Å². The van der Waals surface area contributed by atoms with E-state index in [0.717, 1.165) is 11.8 Å². The average Bonchev–Trinajstić information content (AvgIpc) is 2.83. The molecule has 0 aliphatic heterocycles. The van der Waals surface area contributed by atoms with E-state index >= 15 is 0 Å². The van der Waals surface area contributed by atoms with Crippen LogP contribution in [0.1, 0.15) is 25.1 Å². The van der Waals surface area contributed by atoms with E-state index in [-0.39, 0.29) is 6.42 Å². The lowest BCUT2D eigenvalue weighted by Gasteiger charge is -2.32. The van der Waals surface area contributed by atoms with Gasteiger partial charge >= 0.3 is 0 Å². The molecular formula is C16H21NO5S2. The third-order valence-corrected chi connectivity index (χ3v) is 4.94. The van der Waals surface area contributed by atoms with Gasteiger partial charge < -0.3 is 9.94 Å². The minimum Gasteiger partial charge on any atom is -0.619 e. The number of hydrogen-bond acceptors (Lipinski definition) is 6. The van der Waals surface area contributed by atoms with E-state index < -0.39 is 21.8 Å². The Labute approximate surface area is 146 Å². The predicted molar refractivity (Wildman–Crippen MR) is 92.6 cm³/mol. The molecule has 0 radical (unpaired) electrons. The van der Waals surface area contributed by atoms with Crippen molar-refractivity contribution in [3.8, 4) is 5.06 Å². The summed E-state index contributed by atoms with van der Waals surface area (Å²) in [6, 6.07) is 6.84. The third kappa shape index (κ3) is 5.19. The molecule has 1 unspecified atom stereocenters. The topological polar surface area (TPSA) is 79.5 Å². The van der Waals surface area contributed by atoms with Crippen LogP contribution in [0.2, 0.25) is 0 Å². The van der Waals surface area contributed by atoms with Gasteiger partial charge in [-0.3, -0.25) is 4.18 Å². The van der Waals surface area contributed by atoms with Crippen molar-refractivity contribution in [1.29, 1.82) is 0 Å². The molecule has 0 bridgehead atoms. The normalized spacial score (nSPS) is 13.7. The Morgan fingerprint density at radius 3 is 2.62 bits per heavy atom. The van der Waals surface area contributed by atoms with Crippen molar-refractivity contribution >= 4 is 21.5 Å². The predicted octanol–water partition coefficient (Wildman–Crippen LogP) is 2.43. The van der Waals surface area contributed by atoms with Gasteiger partial charge in [-0.15, -0.1) is 11.3 Å². The van der Waals surface area contributed by atoms with Gasteiger partial charge in [-0.05, 0) is 37.8 Å². The van der Waals surface area contributed by atoms with E-state index in [2.05, 4.69) is 0 Å². The SMILES string of the molecule is Cc1csc(OC(C)(C)C(Cc2cccc[n+]2[O-])OS(C)(=O)=O)c1. The maximum atomic E-state index is 11.9. The molecule has 132 valence electrons. The molecule has 6 nitrogen and oxygen atoms in total. The summed E-state index contributed by atoms with van der Waals surface area (Å²) in [6.45, 7) is 5.44. The van der Waals surface area contributed by atoms with E-state index in [1.807, 2.05) is 18.4 Å². The largest absolute Gasteiger partial charge is 0.619 e. The van der Waals surface area contributed by atoms with E-state index in [0.29, 0.717) is 15.5 Å². The number of hydrogen-bond donors (Lipinski definition) is 0. The summed E-state index contributed by atoms with van der Waals surface area (Å²) >= 11 is 1.43. The minimum atomic E-state index is -3.71. The van der Waals surface area contributed by atoms with Crippen molar-refractivity contribution < 1.29 is 22.1 Å². The smallest absolute Gasteiger partial charge is 0.264 e. The van der Waals surface area contributed by atoms with E-state index in [1.165, 1.54) is 17.5 Å². The zero-order valence-electron chi connectivity index (χ0n) is 14.1. The Morgan fingerprint density at radius 1 is 1.38 bits per heavy atom. The molecule has 0 saturated heterocycles. The summed E-state index contributed by atoms with van der Waals surface area (Å²) in [7, 11) is -3.71. The maximum Gasteiger partial charge on any atom is 0.264 e. The zero-order valence-corrected chi connectivity index (χ0v) is 15.7. The fraction of sp³-hybridized carbons (Fsp3) is 0.438. The number of nitrogens with zero attached hydrogens (tertiary/aromatic N) is 1. The van der Waals surface area contributed by atoms with E-state index in [1.54, 1.807) is 32.0 Å². The highest BCUT2D eigenvalue weighted by molar-refractivity contribution is 7.86. The molecule has 2 heterocycles. The average molecular weight is 371 g/mol. The second kappa shape index (κ2) is 7.08.